The Morgan fingerprint density at radius 3 is 2.67 bits per heavy atom. The molecule has 2 rings (SSSR count). The predicted molar refractivity (Wildman–Crippen MR) is 80.5 cm³/mol. The van der Waals surface area contributed by atoms with E-state index in [9.17, 15) is 9.90 Å². The van der Waals surface area contributed by atoms with Crippen molar-refractivity contribution in [3.8, 4) is 0 Å². The summed E-state index contributed by atoms with van der Waals surface area (Å²) in [7, 11) is 0. The van der Waals surface area contributed by atoms with Crippen molar-refractivity contribution >= 4 is 5.91 Å². The van der Waals surface area contributed by atoms with E-state index in [0.717, 1.165) is 5.56 Å². The van der Waals surface area contributed by atoms with E-state index in [1.165, 1.54) is 0 Å². The third-order valence-corrected chi connectivity index (χ3v) is 3.40. The molecule has 1 heterocycles. The molecule has 0 radical (unpaired) electrons. The number of nitrogens with one attached hydrogen (secondary N) is 1. The van der Waals surface area contributed by atoms with Gasteiger partial charge in [0.15, 0.2) is 0 Å². The van der Waals surface area contributed by atoms with Gasteiger partial charge in [0, 0.05) is 18.3 Å². The van der Waals surface area contributed by atoms with Gasteiger partial charge in [0.2, 0.25) is 0 Å². The lowest BCUT2D eigenvalue weighted by Gasteiger charge is -2.29. The fourth-order valence-electron chi connectivity index (χ4n) is 2.06. The third kappa shape index (κ3) is 3.45. The second-order valence-corrected chi connectivity index (χ2v) is 5.05. The standard InChI is InChI=1S/C16H19N3O2/c1-16(11-20,13-5-3-2-4-6-13)19-15(21)12-7-8-18-14(9-12)10-17/h2-9,20H,10-11,17H2,1H3,(H,19,21). The van der Waals surface area contributed by atoms with Crippen molar-refractivity contribution in [1.29, 1.82) is 0 Å². The normalized spacial score (nSPS) is 13.5. The second kappa shape index (κ2) is 6.47. The summed E-state index contributed by atoms with van der Waals surface area (Å²) < 4.78 is 0. The van der Waals surface area contributed by atoms with Gasteiger partial charge in [0.05, 0.1) is 17.8 Å². The zero-order valence-corrected chi connectivity index (χ0v) is 11.9. The van der Waals surface area contributed by atoms with Crippen molar-refractivity contribution in [2.45, 2.75) is 19.0 Å². The van der Waals surface area contributed by atoms with Gasteiger partial charge in [-0.05, 0) is 24.6 Å². The number of benzene rings is 1. The number of hydrogen-bond donors (Lipinski definition) is 3. The van der Waals surface area contributed by atoms with Crippen molar-refractivity contribution in [3.63, 3.8) is 0 Å². The molecule has 1 aromatic carbocycles. The van der Waals surface area contributed by atoms with E-state index in [-0.39, 0.29) is 19.1 Å². The van der Waals surface area contributed by atoms with Crippen LogP contribution in [0.15, 0.2) is 48.7 Å². The first-order chi connectivity index (χ1) is 10.1. The molecule has 0 fully saturated rings. The molecule has 5 heteroatoms. The SMILES string of the molecule is CC(CO)(NC(=O)c1ccnc(CN)c1)c1ccccc1. The molecule has 0 bridgehead atoms. The Hall–Kier alpha value is -2.24. The van der Waals surface area contributed by atoms with Gasteiger partial charge in [0.1, 0.15) is 0 Å². The quantitative estimate of drug-likeness (QED) is 0.769. The average molecular weight is 285 g/mol. The summed E-state index contributed by atoms with van der Waals surface area (Å²) in [5, 5.41) is 12.6. The zero-order valence-electron chi connectivity index (χ0n) is 11.9. The first-order valence-corrected chi connectivity index (χ1v) is 6.73. The number of carbonyl (C=O) groups excluding carboxylic acids is 1. The monoisotopic (exact) mass is 285 g/mol. The number of nitrogens with zero attached hydrogens (tertiary/aromatic N) is 1. The minimum atomic E-state index is -0.843. The molecule has 2 aromatic rings. The lowest BCUT2D eigenvalue weighted by Crippen LogP contribution is -2.46. The van der Waals surface area contributed by atoms with Crippen LogP contribution in [0.25, 0.3) is 0 Å². The van der Waals surface area contributed by atoms with Gasteiger partial charge in [-0.3, -0.25) is 9.78 Å². The number of pyridine rings is 1. The molecule has 0 aliphatic rings. The predicted octanol–water partition coefficient (Wildman–Crippen LogP) is 1.18. The van der Waals surface area contributed by atoms with Gasteiger partial charge in [0.25, 0.3) is 5.91 Å². The summed E-state index contributed by atoms with van der Waals surface area (Å²) >= 11 is 0. The summed E-state index contributed by atoms with van der Waals surface area (Å²) in [6.07, 6.45) is 1.55. The topological polar surface area (TPSA) is 88.2 Å². The third-order valence-electron chi connectivity index (χ3n) is 3.40. The lowest BCUT2D eigenvalue weighted by atomic mass is 9.92. The highest BCUT2D eigenvalue weighted by atomic mass is 16.3. The smallest absolute Gasteiger partial charge is 0.252 e. The van der Waals surface area contributed by atoms with Crippen LogP contribution in [0, 0.1) is 0 Å². The Morgan fingerprint density at radius 2 is 2.05 bits per heavy atom. The number of aromatic nitrogens is 1. The van der Waals surface area contributed by atoms with Crippen molar-refractivity contribution in [3.05, 3.63) is 65.5 Å². The van der Waals surface area contributed by atoms with Gasteiger partial charge in [-0.15, -0.1) is 0 Å². The van der Waals surface area contributed by atoms with Gasteiger partial charge in [-0.25, -0.2) is 0 Å². The molecule has 21 heavy (non-hydrogen) atoms. The molecule has 0 saturated carbocycles. The second-order valence-electron chi connectivity index (χ2n) is 5.05. The van der Waals surface area contributed by atoms with Crippen LogP contribution in [0.5, 0.6) is 0 Å². The number of amides is 1. The van der Waals surface area contributed by atoms with Crippen LogP contribution >= 0.6 is 0 Å². The largest absolute Gasteiger partial charge is 0.394 e. The Kier molecular flexibility index (Phi) is 4.67. The molecule has 1 atom stereocenters. The Morgan fingerprint density at radius 1 is 1.33 bits per heavy atom. The minimum Gasteiger partial charge on any atom is -0.394 e. The number of aliphatic hydroxyl groups is 1. The van der Waals surface area contributed by atoms with Crippen molar-refractivity contribution in [1.82, 2.24) is 10.3 Å². The molecule has 1 unspecified atom stereocenters. The van der Waals surface area contributed by atoms with Crippen LogP contribution in [0.1, 0.15) is 28.5 Å². The molecular formula is C16H19N3O2. The number of hydrogen-bond acceptors (Lipinski definition) is 4. The Bertz CT molecular complexity index is 616. The van der Waals surface area contributed by atoms with Crippen molar-refractivity contribution < 1.29 is 9.90 Å². The van der Waals surface area contributed by atoms with E-state index in [1.807, 2.05) is 30.3 Å². The van der Waals surface area contributed by atoms with Crippen LogP contribution in [-0.2, 0) is 12.1 Å². The summed E-state index contributed by atoms with van der Waals surface area (Å²) in [5.41, 5.74) is 6.65. The van der Waals surface area contributed by atoms with E-state index in [1.54, 1.807) is 25.3 Å². The van der Waals surface area contributed by atoms with E-state index < -0.39 is 5.54 Å². The number of carbonyl (C=O) groups is 1. The van der Waals surface area contributed by atoms with Gasteiger partial charge >= 0.3 is 0 Å². The van der Waals surface area contributed by atoms with E-state index in [0.29, 0.717) is 11.3 Å². The highest BCUT2D eigenvalue weighted by molar-refractivity contribution is 5.94. The van der Waals surface area contributed by atoms with Crippen molar-refractivity contribution in [2.75, 3.05) is 6.61 Å². The highest BCUT2D eigenvalue weighted by Crippen LogP contribution is 2.20. The van der Waals surface area contributed by atoms with Crippen LogP contribution in [0.3, 0.4) is 0 Å². The lowest BCUT2D eigenvalue weighted by molar-refractivity contribution is 0.0849. The Balaban J connectivity index is 2.23. The maximum absolute atomic E-state index is 12.4. The first kappa shape index (κ1) is 15.2. The molecule has 0 saturated heterocycles. The number of aliphatic hydroxyl groups excluding tert-OH is 1. The van der Waals surface area contributed by atoms with Crippen LogP contribution in [0.2, 0.25) is 0 Å². The van der Waals surface area contributed by atoms with Gasteiger partial charge in [-0.2, -0.15) is 0 Å². The molecule has 4 N–H and O–H groups in total. The number of nitrogens with two attached hydrogens (primary N) is 1. The van der Waals surface area contributed by atoms with Crippen LogP contribution in [0.4, 0.5) is 0 Å². The van der Waals surface area contributed by atoms with Crippen LogP contribution in [-0.4, -0.2) is 22.6 Å². The maximum Gasteiger partial charge on any atom is 0.252 e. The highest BCUT2D eigenvalue weighted by Gasteiger charge is 2.28. The summed E-state index contributed by atoms with van der Waals surface area (Å²) in [6, 6.07) is 12.6. The number of rotatable bonds is 5. The maximum atomic E-state index is 12.4. The molecule has 5 nitrogen and oxygen atoms in total. The van der Waals surface area contributed by atoms with Gasteiger partial charge < -0.3 is 16.2 Å². The molecule has 0 aliphatic carbocycles. The molecular weight excluding hydrogens is 266 g/mol. The summed E-state index contributed by atoms with van der Waals surface area (Å²) in [4.78, 5) is 16.4. The van der Waals surface area contributed by atoms with E-state index >= 15 is 0 Å². The fraction of sp³-hybridized carbons (Fsp3) is 0.250. The molecule has 1 aromatic heterocycles. The molecule has 0 aliphatic heterocycles. The zero-order chi connectivity index (χ0) is 15.3. The summed E-state index contributed by atoms with van der Waals surface area (Å²) in [6.45, 7) is 1.86. The average Bonchev–Trinajstić information content (AvgIpc) is 2.55. The van der Waals surface area contributed by atoms with Crippen molar-refractivity contribution in [2.24, 2.45) is 5.73 Å². The van der Waals surface area contributed by atoms with Gasteiger partial charge in [-0.1, -0.05) is 30.3 Å². The molecule has 1 amide bonds. The minimum absolute atomic E-state index is 0.197. The van der Waals surface area contributed by atoms with E-state index in [2.05, 4.69) is 10.3 Å². The van der Waals surface area contributed by atoms with Crippen LogP contribution < -0.4 is 11.1 Å². The molecule has 110 valence electrons. The Labute approximate surface area is 123 Å². The summed E-state index contributed by atoms with van der Waals surface area (Å²) in [5.74, 6) is -0.271. The van der Waals surface area contributed by atoms with E-state index in [4.69, 9.17) is 5.73 Å². The fourth-order valence-corrected chi connectivity index (χ4v) is 2.06. The molecule has 0 spiro atoms. The first-order valence-electron chi connectivity index (χ1n) is 6.73.